The van der Waals surface area contributed by atoms with Crippen LogP contribution in [0.4, 0.5) is 0 Å². The predicted molar refractivity (Wildman–Crippen MR) is 58.6 cm³/mol. The minimum absolute atomic E-state index is 0.175. The maximum atomic E-state index is 11.9. The quantitative estimate of drug-likeness (QED) is 0.717. The van der Waals surface area contributed by atoms with Gasteiger partial charge in [0.25, 0.3) is 0 Å². The van der Waals surface area contributed by atoms with Crippen LogP contribution in [0.5, 0.6) is 0 Å². The van der Waals surface area contributed by atoms with Crippen LogP contribution in [0.2, 0.25) is 0 Å². The maximum absolute atomic E-state index is 11.9. The molecule has 0 unspecified atom stereocenters. The van der Waals surface area contributed by atoms with Gasteiger partial charge in [-0.25, -0.2) is 0 Å². The van der Waals surface area contributed by atoms with E-state index in [4.69, 9.17) is 5.11 Å². The van der Waals surface area contributed by atoms with Gasteiger partial charge in [0.1, 0.15) is 5.78 Å². The van der Waals surface area contributed by atoms with Gasteiger partial charge >= 0.3 is 0 Å². The third-order valence-corrected chi connectivity index (χ3v) is 3.62. The van der Waals surface area contributed by atoms with E-state index in [0.717, 1.165) is 12.8 Å². The van der Waals surface area contributed by atoms with Crippen LogP contribution >= 0.6 is 0 Å². The van der Waals surface area contributed by atoms with Gasteiger partial charge in [0.05, 0.1) is 13.2 Å². The molecule has 2 aliphatic rings. The highest BCUT2D eigenvalue weighted by atomic mass is 16.3. The molecule has 0 aromatic heterocycles. The molecule has 0 aromatic carbocycles. The number of hydrogen-bond donors (Lipinski definition) is 1. The van der Waals surface area contributed by atoms with Gasteiger partial charge in [0.15, 0.2) is 0 Å². The van der Waals surface area contributed by atoms with Crippen LogP contribution in [0.25, 0.3) is 0 Å². The first-order chi connectivity index (χ1) is 7.31. The molecule has 0 amide bonds. The molecule has 0 bridgehead atoms. The molecular weight excluding hydrogens is 190 g/mol. The molecule has 0 aromatic rings. The molecule has 0 saturated heterocycles. The van der Waals surface area contributed by atoms with E-state index in [9.17, 15) is 4.79 Å². The molecule has 3 heteroatoms. The topological polar surface area (TPSA) is 40.5 Å². The van der Waals surface area contributed by atoms with Crippen molar-refractivity contribution < 1.29 is 9.90 Å². The molecule has 0 atom stereocenters. The van der Waals surface area contributed by atoms with Crippen LogP contribution in [0, 0.1) is 5.92 Å². The SMILES string of the molecule is O=C(CN(CCO)C1CC1)C1CCCC1. The fraction of sp³-hybridized carbons (Fsp3) is 0.917. The summed E-state index contributed by atoms with van der Waals surface area (Å²) in [6, 6.07) is 0.586. The zero-order valence-corrected chi connectivity index (χ0v) is 9.32. The van der Waals surface area contributed by atoms with E-state index >= 15 is 0 Å². The third-order valence-electron chi connectivity index (χ3n) is 3.62. The summed E-state index contributed by atoms with van der Waals surface area (Å²) < 4.78 is 0. The summed E-state index contributed by atoms with van der Waals surface area (Å²) in [6.45, 7) is 1.42. The Morgan fingerprint density at radius 3 is 2.40 bits per heavy atom. The second-order valence-corrected chi connectivity index (χ2v) is 4.87. The average Bonchev–Trinajstić information content (AvgIpc) is 2.92. The number of nitrogens with zero attached hydrogens (tertiary/aromatic N) is 1. The van der Waals surface area contributed by atoms with E-state index in [1.165, 1.54) is 25.7 Å². The van der Waals surface area contributed by atoms with E-state index in [-0.39, 0.29) is 6.61 Å². The molecule has 0 radical (unpaired) electrons. The van der Waals surface area contributed by atoms with Crippen molar-refractivity contribution >= 4 is 5.78 Å². The lowest BCUT2D eigenvalue weighted by Crippen LogP contribution is -2.36. The molecule has 2 saturated carbocycles. The Morgan fingerprint density at radius 1 is 1.20 bits per heavy atom. The monoisotopic (exact) mass is 211 g/mol. The fourth-order valence-corrected chi connectivity index (χ4v) is 2.54. The first-order valence-electron chi connectivity index (χ1n) is 6.19. The van der Waals surface area contributed by atoms with Crippen molar-refractivity contribution in [2.45, 2.75) is 44.6 Å². The lowest BCUT2D eigenvalue weighted by molar-refractivity contribution is -0.124. The largest absolute Gasteiger partial charge is 0.395 e. The Kier molecular flexibility index (Phi) is 3.76. The highest BCUT2D eigenvalue weighted by Crippen LogP contribution is 2.29. The predicted octanol–water partition coefficient (Wildman–Crippen LogP) is 1.20. The van der Waals surface area contributed by atoms with E-state index in [0.29, 0.717) is 30.8 Å². The molecule has 86 valence electrons. The van der Waals surface area contributed by atoms with Gasteiger partial charge in [-0.2, -0.15) is 0 Å². The summed E-state index contributed by atoms with van der Waals surface area (Å²) in [5.74, 6) is 0.734. The van der Waals surface area contributed by atoms with Crippen LogP contribution < -0.4 is 0 Å². The lowest BCUT2D eigenvalue weighted by atomic mass is 10.0. The van der Waals surface area contributed by atoms with Crippen molar-refractivity contribution in [1.82, 2.24) is 4.90 Å². The van der Waals surface area contributed by atoms with Gasteiger partial charge < -0.3 is 5.11 Å². The Morgan fingerprint density at radius 2 is 1.87 bits per heavy atom. The standard InChI is InChI=1S/C12H21NO2/c14-8-7-13(11-5-6-11)9-12(15)10-3-1-2-4-10/h10-11,14H,1-9H2. The molecule has 3 nitrogen and oxygen atoms in total. The first kappa shape index (κ1) is 11.1. The number of aliphatic hydroxyl groups excluding tert-OH is 1. The average molecular weight is 211 g/mol. The van der Waals surface area contributed by atoms with Gasteiger partial charge in [-0.05, 0) is 25.7 Å². The molecule has 2 rings (SSSR count). The van der Waals surface area contributed by atoms with Gasteiger partial charge in [0.2, 0.25) is 0 Å². The van der Waals surface area contributed by atoms with E-state index in [1.54, 1.807) is 0 Å². The van der Waals surface area contributed by atoms with E-state index in [1.807, 2.05) is 0 Å². The van der Waals surface area contributed by atoms with Gasteiger partial charge in [-0.3, -0.25) is 9.69 Å². The Bertz CT molecular complexity index is 220. The molecule has 1 N–H and O–H groups in total. The third kappa shape index (κ3) is 3.02. The number of hydrogen-bond acceptors (Lipinski definition) is 3. The van der Waals surface area contributed by atoms with Gasteiger partial charge in [-0.1, -0.05) is 12.8 Å². The highest BCUT2D eigenvalue weighted by molar-refractivity contribution is 5.83. The normalized spacial score (nSPS) is 22.5. The number of carbonyl (C=O) groups excluding carboxylic acids is 1. The number of carbonyl (C=O) groups is 1. The Hall–Kier alpha value is -0.410. The van der Waals surface area contributed by atoms with Crippen LogP contribution in [-0.4, -0.2) is 41.5 Å². The van der Waals surface area contributed by atoms with Crippen LogP contribution in [-0.2, 0) is 4.79 Å². The van der Waals surface area contributed by atoms with Gasteiger partial charge in [-0.15, -0.1) is 0 Å². The summed E-state index contributed by atoms with van der Waals surface area (Å²) in [5.41, 5.74) is 0. The molecule has 0 aliphatic heterocycles. The van der Waals surface area contributed by atoms with Crippen LogP contribution in [0.1, 0.15) is 38.5 Å². The smallest absolute Gasteiger partial charge is 0.149 e. The summed E-state index contributed by atoms with van der Waals surface area (Å²) >= 11 is 0. The number of ketones is 1. The number of Topliss-reactive ketones (excluding diaryl/α,β-unsaturated/α-hetero) is 1. The van der Waals surface area contributed by atoms with Crippen molar-refractivity contribution in [3.63, 3.8) is 0 Å². The number of rotatable bonds is 6. The van der Waals surface area contributed by atoms with Crippen molar-refractivity contribution in [2.75, 3.05) is 19.7 Å². The van der Waals surface area contributed by atoms with Crippen molar-refractivity contribution in [2.24, 2.45) is 5.92 Å². The molecule has 15 heavy (non-hydrogen) atoms. The lowest BCUT2D eigenvalue weighted by Gasteiger charge is -2.21. The second kappa shape index (κ2) is 5.08. The summed E-state index contributed by atoms with van der Waals surface area (Å²) in [7, 11) is 0. The molecule has 2 fully saturated rings. The highest BCUT2D eigenvalue weighted by Gasteiger charge is 2.32. The summed E-state index contributed by atoms with van der Waals surface area (Å²) in [4.78, 5) is 14.1. The second-order valence-electron chi connectivity index (χ2n) is 4.87. The van der Waals surface area contributed by atoms with E-state index in [2.05, 4.69) is 4.90 Å². The summed E-state index contributed by atoms with van der Waals surface area (Å²) in [5, 5.41) is 8.94. The zero-order chi connectivity index (χ0) is 10.7. The fourth-order valence-electron chi connectivity index (χ4n) is 2.54. The Labute approximate surface area is 91.5 Å². The minimum Gasteiger partial charge on any atom is -0.395 e. The first-order valence-corrected chi connectivity index (χ1v) is 6.19. The minimum atomic E-state index is 0.175. The molecular formula is C12H21NO2. The van der Waals surface area contributed by atoms with Crippen molar-refractivity contribution in [3.8, 4) is 0 Å². The molecule has 2 aliphatic carbocycles. The summed E-state index contributed by atoms with van der Waals surface area (Å²) in [6.07, 6.45) is 7.04. The Balaban J connectivity index is 1.79. The van der Waals surface area contributed by atoms with Crippen molar-refractivity contribution in [1.29, 1.82) is 0 Å². The number of aliphatic hydroxyl groups is 1. The maximum Gasteiger partial charge on any atom is 0.149 e. The van der Waals surface area contributed by atoms with Gasteiger partial charge in [0, 0.05) is 18.5 Å². The van der Waals surface area contributed by atoms with Crippen LogP contribution in [0.3, 0.4) is 0 Å². The van der Waals surface area contributed by atoms with Crippen molar-refractivity contribution in [3.05, 3.63) is 0 Å². The van der Waals surface area contributed by atoms with Crippen LogP contribution in [0.15, 0.2) is 0 Å². The zero-order valence-electron chi connectivity index (χ0n) is 9.32. The van der Waals surface area contributed by atoms with E-state index < -0.39 is 0 Å². The molecule has 0 heterocycles. The molecule has 0 spiro atoms.